The Balaban J connectivity index is 1.46. The van der Waals surface area contributed by atoms with E-state index in [1.165, 1.54) is 12.0 Å². The van der Waals surface area contributed by atoms with Gasteiger partial charge in [-0.15, -0.1) is 0 Å². The number of halogens is 1. The fraction of sp³-hybridized carbons (Fsp3) is 0.346. The summed E-state index contributed by atoms with van der Waals surface area (Å²) in [6.07, 6.45) is 2.41. The summed E-state index contributed by atoms with van der Waals surface area (Å²) in [5, 5.41) is 6.49. The maximum absolute atomic E-state index is 13.3. The van der Waals surface area contributed by atoms with Crippen LogP contribution in [0.3, 0.4) is 0 Å². The van der Waals surface area contributed by atoms with Crippen molar-refractivity contribution in [2.75, 3.05) is 24.7 Å². The molecule has 1 unspecified atom stereocenters. The normalized spacial score (nSPS) is 15.9. The van der Waals surface area contributed by atoms with Crippen molar-refractivity contribution < 1.29 is 19.1 Å². The first-order valence-electron chi connectivity index (χ1n) is 12.0. The minimum absolute atomic E-state index is 0.00176. The third-order valence-electron chi connectivity index (χ3n) is 5.81. The van der Waals surface area contributed by atoms with Crippen LogP contribution in [0.1, 0.15) is 38.2 Å². The van der Waals surface area contributed by atoms with Crippen molar-refractivity contribution in [2.45, 2.75) is 38.6 Å². The Morgan fingerprint density at radius 3 is 2.78 bits per heavy atom. The summed E-state index contributed by atoms with van der Waals surface area (Å²) in [5.41, 5.74) is 1.86. The molecule has 37 heavy (non-hydrogen) atoms. The predicted octanol–water partition coefficient (Wildman–Crippen LogP) is 4.38. The maximum Gasteiger partial charge on any atom is 0.259 e. The Labute approximate surface area is 224 Å². The zero-order chi connectivity index (χ0) is 26.4. The van der Waals surface area contributed by atoms with E-state index in [2.05, 4.69) is 27.5 Å². The van der Waals surface area contributed by atoms with Gasteiger partial charge in [0.25, 0.3) is 5.91 Å². The summed E-state index contributed by atoms with van der Waals surface area (Å²) in [5.74, 6) is 0.316. The van der Waals surface area contributed by atoms with Gasteiger partial charge in [0.1, 0.15) is 17.6 Å². The Bertz CT molecular complexity index is 1270. The molecule has 2 aromatic rings. The molecule has 2 aromatic carbocycles. The number of rotatable bonds is 10. The van der Waals surface area contributed by atoms with Gasteiger partial charge >= 0.3 is 0 Å². The van der Waals surface area contributed by atoms with Crippen LogP contribution in [0, 0.1) is 0 Å². The molecule has 0 aliphatic carbocycles. The molecule has 0 fully saturated rings. The Hall–Kier alpha value is -3.37. The van der Waals surface area contributed by atoms with Crippen LogP contribution in [-0.2, 0) is 14.4 Å². The van der Waals surface area contributed by atoms with Crippen molar-refractivity contribution in [2.24, 2.45) is 9.98 Å². The molecule has 0 saturated heterocycles. The van der Waals surface area contributed by atoms with Gasteiger partial charge in [-0.2, -0.15) is 0 Å². The fourth-order valence-electron chi connectivity index (χ4n) is 3.94. The molecule has 0 aromatic heterocycles. The minimum Gasteiger partial charge on any atom is -0.495 e. The summed E-state index contributed by atoms with van der Waals surface area (Å²) in [4.78, 5) is 49.0. The number of anilines is 1. The van der Waals surface area contributed by atoms with E-state index < -0.39 is 6.04 Å². The third-order valence-corrected chi connectivity index (χ3v) is 6.99. The maximum atomic E-state index is 13.3. The number of amidine groups is 2. The number of aliphatic imine (C=N–C) groups is 2. The van der Waals surface area contributed by atoms with Gasteiger partial charge in [0.2, 0.25) is 11.8 Å². The van der Waals surface area contributed by atoms with E-state index in [1.54, 1.807) is 18.2 Å². The quantitative estimate of drug-likeness (QED) is 0.434. The van der Waals surface area contributed by atoms with Gasteiger partial charge in [-0.3, -0.25) is 19.4 Å². The number of hydrogen-bond acceptors (Lipinski definition) is 7. The second-order valence-corrected chi connectivity index (χ2v) is 9.86. The van der Waals surface area contributed by atoms with Crippen LogP contribution >= 0.6 is 23.4 Å². The van der Waals surface area contributed by atoms with Gasteiger partial charge < -0.3 is 15.4 Å². The largest absolute Gasteiger partial charge is 0.495 e. The summed E-state index contributed by atoms with van der Waals surface area (Å²) in [6.45, 7) is 2.68. The average molecular weight is 542 g/mol. The second-order valence-electron chi connectivity index (χ2n) is 8.48. The predicted molar refractivity (Wildman–Crippen MR) is 147 cm³/mol. The lowest BCUT2D eigenvalue weighted by Gasteiger charge is -2.25. The summed E-state index contributed by atoms with van der Waals surface area (Å²) in [6, 6.07) is 11.7. The molecule has 0 radical (unpaired) electrons. The van der Waals surface area contributed by atoms with E-state index in [0.717, 1.165) is 30.2 Å². The highest BCUT2D eigenvalue weighted by molar-refractivity contribution is 8.14. The van der Waals surface area contributed by atoms with E-state index in [-0.39, 0.29) is 29.9 Å². The number of carbonyl (C=O) groups is 3. The number of methoxy groups -OCH3 is 1. The van der Waals surface area contributed by atoms with Crippen LogP contribution in [0.4, 0.5) is 11.4 Å². The lowest BCUT2D eigenvalue weighted by Crippen LogP contribution is -2.41. The van der Waals surface area contributed by atoms with Crippen molar-refractivity contribution in [3.05, 3.63) is 53.1 Å². The van der Waals surface area contributed by atoms with E-state index in [0.29, 0.717) is 46.1 Å². The number of hydrogen-bond donors (Lipinski definition) is 2. The molecule has 3 amide bonds. The Morgan fingerprint density at radius 2 is 2.00 bits per heavy atom. The molecule has 0 saturated carbocycles. The molecule has 11 heteroatoms. The smallest absolute Gasteiger partial charge is 0.259 e. The molecule has 2 heterocycles. The Morgan fingerprint density at radius 1 is 1.19 bits per heavy atom. The number of fused-ring (bicyclic) bond motifs is 3. The first-order chi connectivity index (χ1) is 17.9. The first kappa shape index (κ1) is 26.7. The number of amides is 3. The number of thioether (sulfide) groups is 1. The topological polar surface area (TPSA) is 112 Å². The molecule has 2 N–H and O–H groups in total. The summed E-state index contributed by atoms with van der Waals surface area (Å²) < 4.78 is 5.28. The van der Waals surface area contributed by atoms with Crippen molar-refractivity contribution in [1.29, 1.82) is 0 Å². The highest BCUT2D eigenvalue weighted by atomic mass is 35.5. The number of nitrogens with one attached hydrogen (secondary N) is 2. The molecule has 2 aliphatic rings. The number of ether oxygens (including phenoxy) is 1. The van der Waals surface area contributed by atoms with E-state index >= 15 is 0 Å². The van der Waals surface area contributed by atoms with Gasteiger partial charge in [-0.1, -0.05) is 48.8 Å². The minimum atomic E-state index is -0.687. The molecular formula is C26H28ClN5O4S. The SMILES string of the molecule is CCCCNC(=O)CCC1N=C2c3ccccc3N=C(SCC(=O)Nc3cc(Cl)ccc3OC)N2C1=O. The van der Waals surface area contributed by atoms with Crippen LogP contribution in [0.2, 0.25) is 5.02 Å². The van der Waals surface area contributed by atoms with Crippen LogP contribution in [-0.4, -0.2) is 59.1 Å². The number of nitrogens with zero attached hydrogens (tertiary/aromatic N) is 3. The van der Waals surface area contributed by atoms with Crippen LogP contribution in [0.5, 0.6) is 5.75 Å². The number of carbonyl (C=O) groups excluding carboxylic acids is 3. The Kier molecular flexibility index (Phi) is 8.83. The van der Waals surface area contributed by atoms with Gasteiger partial charge in [0, 0.05) is 23.6 Å². The number of benzene rings is 2. The standard InChI is InChI=1S/C26H28ClN5O4S/c1-3-4-13-28-22(33)12-10-19-25(35)32-24(30-19)17-7-5-6-8-18(17)31-26(32)37-15-23(34)29-20-14-16(27)9-11-21(20)36-2/h5-9,11,14,19H,3-4,10,12-13,15H2,1-2H3,(H,28,33)(H,29,34). The van der Waals surface area contributed by atoms with Crippen LogP contribution in [0.15, 0.2) is 52.4 Å². The van der Waals surface area contributed by atoms with E-state index in [9.17, 15) is 14.4 Å². The van der Waals surface area contributed by atoms with E-state index in [4.69, 9.17) is 16.3 Å². The van der Waals surface area contributed by atoms with Gasteiger partial charge in [-0.25, -0.2) is 9.89 Å². The first-order valence-corrected chi connectivity index (χ1v) is 13.4. The fourth-order valence-corrected chi connectivity index (χ4v) is 4.91. The summed E-state index contributed by atoms with van der Waals surface area (Å²) >= 11 is 7.19. The van der Waals surface area contributed by atoms with Crippen molar-refractivity contribution in [1.82, 2.24) is 10.2 Å². The molecule has 4 rings (SSSR count). The zero-order valence-electron chi connectivity index (χ0n) is 20.6. The molecule has 0 bridgehead atoms. The van der Waals surface area contributed by atoms with Crippen LogP contribution in [0.25, 0.3) is 0 Å². The average Bonchev–Trinajstić information content (AvgIpc) is 3.23. The molecule has 2 aliphatic heterocycles. The summed E-state index contributed by atoms with van der Waals surface area (Å²) in [7, 11) is 1.51. The monoisotopic (exact) mass is 541 g/mol. The van der Waals surface area contributed by atoms with Crippen molar-refractivity contribution in [3.63, 3.8) is 0 Å². The molecule has 9 nitrogen and oxygen atoms in total. The van der Waals surface area contributed by atoms with Crippen LogP contribution < -0.4 is 15.4 Å². The van der Waals surface area contributed by atoms with Gasteiger partial charge in [0.15, 0.2) is 5.17 Å². The molecule has 194 valence electrons. The highest BCUT2D eigenvalue weighted by Gasteiger charge is 2.41. The lowest BCUT2D eigenvalue weighted by molar-refractivity contribution is -0.125. The number of para-hydroxylation sites is 1. The molecule has 0 spiro atoms. The van der Waals surface area contributed by atoms with Crippen molar-refractivity contribution >= 4 is 63.5 Å². The molecule has 1 atom stereocenters. The zero-order valence-corrected chi connectivity index (χ0v) is 22.2. The van der Waals surface area contributed by atoms with Gasteiger partial charge in [-0.05, 0) is 43.2 Å². The van der Waals surface area contributed by atoms with E-state index in [1.807, 2.05) is 24.3 Å². The third kappa shape index (κ3) is 6.31. The highest BCUT2D eigenvalue weighted by Crippen LogP contribution is 2.34. The van der Waals surface area contributed by atoms with Crippen molar-refractivity contribution in [3.8, 4) is 5.75 Å². The number of unbranched alkanes of at least 4 members (excludes halogenated alkanes) is 1. The van der Waals surface area contributed by atoms with Gasteiger partial charge in [0.05, 0.1) is 24.2 Å². The molecular weight excluding hydrogens is 514 g/mol. The second kappa shape index (κ2) is 12.2. The lowest BCUT2D eigenvalue weighted by atomic mass is 10.1.